The molecule has 0 saturated heterocycles. The van der Waals surface area contributed by atoms with Gasteiger partial charge >= 0.3 is 0 Å². The summed E-state index contributed by atoms with van der Waals surface area (Å²) in [4.78, 5) is 25.8. The molecule has 3 aromatic rings. The lowest BCUT2D eigenvalue weighted by atomic mass is 10.0. The summed E-state index contributed by atoms with van der Waals surface area (Å²) in [5, 5.41) is 16.5. The molecule has 6 heteroatoms. The molecule has 0 saturated carbocycles. The molecule has 1 heterocycles. The fourth-order valence-electron chi connectivity index (χ4n) is 2.76. The number of benzene rings is 2. The van der Waals surface area contributed by atoms with Crippen molar-refractivity contribution in [3.63, 3.8) is 0 Å². The van der Waals surface area contributed by atoms with E-state index in [0.29, 0.717) is 16.9 Å². The van der Waals surface area contributed by atoms with Crippen LogP contribution < -0.4 is 10.6 Å². The van der Waals surface area contributed by atoms with Crippen LogP contribution in [0.3, 0.4) is 0 Å². The number of carbonyl (C=O) groups is 2. The van der Waals surface area contributed by atoms with Crippen LogP contribution in [0.15, 0.2) is 72.1 Å². The maximum absolute atomic E-state index is 12.8. The summed E-state index contributed by atoms with van der Waals surface area (Å²) in [5.41, 5.74) is 2.33. The average molecular weight is 389 g/mol. The number of amides is 2. The summed E-state index contributed by atoms with van der Waals surface area (Å²) < 4.78 is 0. The molecule has 2 N–H and O–H groups in total. The molecule has 0 aliphatic carbocycles. The van der Waals surface area contributed by atoms with Crippen molar-refractivity contribution in [3.8, 4) is 6.07 Å². The molecule has 1 aromatic heterocycles. The number of hydrogen-bond acceptors (Lipinski definition) is 4. The van der Waals surface area contributed by atoms with Gasteiger partial charge in [-0.2, -0.15) is 5.26 Å². The normalized spacial score (nSPS) is 11.2. The molecule has 2 aromatic carbocycles. The second-order valence-corrected chi connectivity index (χ2v) is 7.17. The summed E-state index contributed by atoms with van der Waals surface area (Å²) in [7, 11) is 0. The van der Waals surface area contributed by atoms with Crippen molar-refractivity contribution in [1.29, 1.82) is 5.26 Å². The minimum Gasteiger partial charge on any atom is -0.350 e. The van der Waals surface area contributed by atoms with Crippen molar-refractivity contribution >= 4 is 23.2 Å². The molecule has 2 amide bonds. The molecule has 0 aliphatic rings. The Morgan fingerprint density at radius 3 is 2.50 bits per heavy atom. The lowest BCUT2D eigenvalue weighted by Gasteiger charge is -2.18. The van der Waals surface area contributed by atoms with E-state index >= 15 is 0 Å². The van der Waals surface area contributed by atoms with E-state index in [2.05, 4.69) is 16.7 Å². The molecule has 0 aliphatic heterocycles. The lowest BCUT2D eigenvalue weighted by Crippen LogP contribution is -2.47. The maximum atomic E-state index is 12.8. The lowest BCUT2D eigenvalue weighted by molar-refractivity contribution is -0.123. The highest BCUT2D eigenvalue weighted by atomic mass is 32.1. The van der Waals surface area contributed by atoms with Crippen LogP contribution in [0.1, 0.15) is 26.4 Å². The van der Waals surface area contributed by atoms with Gasteiger partial charge in [-0.1, -0.05) is 48.5 Å². The zero-order chi connectivity index (χ0) is 19.8. The second kappa shape index (κ2) is 9.49. The van der Waals surface area contributed by atoms with Crippen LogP contribution in [0.4, 0.5) is 0 Å². The Hall–Kier alpha value is -3.43. The molecule has 140 valence electrons. The Bertz CT molecular complexity index is 979. The molecule has 3 rings (SSSR count). The number of hydrogen-bond donors (Lipinski definition) is 2. The molecule has 0 bridgehead atoms. The number of carbonyl (C=O) groups excluding carboxylic acids is 2. The van der Waals surface area contributed by atoms with Crippen molar-refractivity contribution in [2.24, 2.45) is 0 Å². The number of thiophene rings is 1. The Balaban J connectivity index is 1.70. The van der Waals surface area contributed by atoms with Gasteiger partial charge in [0.25, 0.3) is 5.91 Å². The summed E-state index contributed by atoms with van der Waals surface area (Å²) in [6.45, 7) is 0.286. The fourth-order valence-corrected chi connectivity index (χ4v) is 3.39. The third-order valence-electron chi connectivity index (χ3n) is 4.17. The van der Waals surface area contributed by atoms with Gasteiger partial charge in [0.15, 0.2) is 0 Å². The quantitative estimate of drug-likeness (QED) is 0.651. The van der Waals surface area contributed by atoms with Gasteiger partial charge in [-0.3, -0.25) is 9.59 Å². The fraction of sp³-hybridized carbons (Fsp3) is 0.136. The van der Waals surface area contributed by atoms with E-state index < -0.39 is 6.04 Å². The predicted octanol–water partition coefficient (Wildman–Crippen LogP) is 3.28. The van der Waals surface area contributed by atoms with Crippen molar-refractivity contribution in [2.75, 3.05) is 0 Å². The van der Waals surface area contributed by atoms with Crippen molar-refractivity contribution in [3.05, 3.63) is 93.7 Å². The number of nitrogens with zero attached hydrogens (tertiary/aromatic N) is 1. The minimum absolute atomic E-state index is 0.266. The standard InChI is InChI=1S/C22H19N3O2S/c23-14-17-8-4-9-18(12-17)15-24-21(26)19(13-16-6-2-1-3-7-16)25-22(27)20-10-5-11-28-20/h1-12,19H,13,15H2,(H,24,26)(H,25,27). The van der Waals surface area contributed by atoms with Gasteiger partial charge in [-0.25, -0.2) is 0 Å². The topological polar surface area (TPSA) is 82.0 Å². The monoisotopic (exact) mass is 389 g/mol. The first-order valence-electron chi connectivity index (χ1n) is 8.81. The van der Waals surface area contributed by atoms with Crippen molar-refractivity contribution < 1.29 is 9.59 Å². The summed E-state index contributed by atoms with van der Waals surface area (Å²) in [6.07, 6.45) is 0.391. The Morgan fingerprint density at radius 2 is 1.79 bits per heavy atom. The SMILES string of the molecule is N#Cc1cccc(CNC(=O)C(Cc2ccccc2)NC(=O)c2cccs2)c1. The van der Waals surface area contributed by atoms with Crippen LogP contribution in [-0.2, 0) is 17.8 Å². The van der Waals surface area contributed by atoms with Crippen LogP contribution in [0, 0.1) is 11.3 Å². The van der Waals surface area contributed by atoms with E-state index in [4.69, 9.17) is 5.26 Å². The zero-order valence-corrected chi connectivity index (χ0v) is 15.9. The third-order valence-corrected chi connectivity index (χ3v) is 5.04. The zero-order valence-electron chi connectivity index (χ0n) is 15.1. The summed E-state index contributed by atoms with van der Waals surface area (Å²) in [5.74, 6) is -0.534. The molecule has 28 heavy (non-hydrogen) atoms. The number of nitriles is 1. The van der Waals surface area contributed by atoms with Crippen LogP contribution in [-0.4, -0.2) is 17.9 Å². The van der Waals surface area contributed by atoms with E-state index in [0.717, 1.165) is 11.1 Å². The minimum atomic E-state index is -0.698. The molecular formula is C22H19N3O2S. The molecule has 0 spiro atoms. The van der Waals surface area contributed by atoms with Gasteiger partial charge in [-0.05, 0) is 34.7 Å². The van der Waals surface area contributed by atoms with Crippen LogP contribution in [0.25, 0.3) is 0 Å². The number of nitrogens with one attached hydrogen (secondary N) is 2. The van der Waals surface area contributed by atoms with Crippen molar-refractivity contribution in [2.45, 2.75) is 19.0 Å². The summed E-state index contributed by atoms with van der Waals surface area (Å²) in [6, 6.07) is 21.5. The van der Waals surface area contributed by atoms with Gasteiger partial charge < -0.3 is 10.6 Å². The first-order chi connectivity index (χ1) is 13.7. The summed E-state index contributed by atoms with van der Waals surface area (Å²) >= 11 is 1.33. The molecule has 0 radical (unpaired) electrons. The van der Waals surface area contributed by atoms with Gasteiger partial charge in [0.05, 0.1) is 16.5 Å². The van der Waals surface area contributed by atoms with Crippen LogP contribution in [0.2, 0.25) is 0 Å². The van der Waals surface area contributed by atoms with E-state index in [1.807, 2.05) is 41.8 Å². The molecule has 5 nitrogen and oxygen atoms in total. The van der Waals surface area contributed by atoms with Crippen LogP contribution >= 0.6 is 11.3 Å². The molecule has 1 atom stereocenters. The highest BCUT2D eigenvalue weighted by Gasteiger charge is 2.22. The molecular weight excluding hydrogens is 370 g/mol. The highest BCUT2D eigenvalue weighted by molar-refractivity contribution is 7.12. The highest BCUT2D eigenvalue weighted by Crippen LogP contribution is 2.10. The maximum Gasteiger partial charge on any atom is 0.262 e. The first kappa shape index (κ1) is 19.3. The van der Waals surface area contributed by atoms with E-state index in [1.54, 1.807) is 30.3 Å². The van der Waals surface area contributed by atoms with Crippen LogP contribution in [0.5, 0.6) is 0 Å². The second-order valence-electron chi connectivity index (χ2n) is 6.22. The van der Waals surface area contributed by atoms with Gasteiger partial charge in [0, 0.05) is 13.0 Å². The smallest absolute Gasteiger partial charge is 0.262 e. The molecule has 1 unspecified atom stereocenters. The third kappa shape index (κ3) is 5.29. The Morgan fingerprint density at radius 1 is 1.00 bits per heavy atom. The first-order valence-corrected chi connectivity index (χ1v) is 9.68. The van der Waals surface area contributed by atoms with Gasteiger partial charge in [0.2, 0.25) is 5.91 Å². The largest absolute Gasteiger partial charge is 0.350 e. The van der Waals surface area contributed by atoms with Gasteiger partial charge in [-0.15, -0.1) is 11.3 Å². The Labute approximate surface area is 167 Å². The average Bonchev–Trinajstić information content (AvgIpc) is 3.27. The predicted molar refractivity (Wildman–Crippen MR) is 109 cm³/mol. The van der Waals surface area contributed by atoms with Gasteiger partial charge in [0.1, 0.15) is 6.04 Å². The van der Waals surface area contributed by atoms with E-state index in [-0.39, 0.29) is 18.4 Å². The Kier molecular flexibility index (Phi) is 6.55. The van der Waals surface area contributed by atoms with Crippen molar-refractivity contribution in [1.82, 2.24) is 10.6 Å². The van der Waals surface area contributed by atoms with E-state index in [9.17, 15) is 9.59 Å². The van der Waals surface area contributed by atoms with E-state index in [1.165, 1.54) is 11.3 Å². The number of rotatable bonds is 7. The molecule has 0 fully saturated rings.